The van der Waals surface area contributed by atoms with Gasteiger partial charge in [-0.2, -0.15) is 0 Å². The normalized spacial score (nSPS) is 17.6. The summed E-state index contributed by atoms with van der Waals surface area (Å²) in [6.07, 6.45) is 4.77. The van der Waals surface area contributed by atoms with E-state index < -0.39 is 0 Å². The third kappa shape index (κ3) is 5.21. The lowest BCUT2D eigenvalue weighted by atomic mass is 9.82. The first-order valence-electron chi connectivity index (χ1n) is 13.6. The molecule has 1 aromatic heterocycles. The maximum atomic E-state index is 13.1. The minimum absolute atomic E-state index is 0.230. The molecule has 4 aromatic rings. The van der Waals surface area contributed by atoms with Gasteiger partial charge in [0.05, 0.1) is 19.9 Å². The van der Waals surface area contributed by atoms with Gasteiger partial charge in [-0.1, -0.05) is 38.1 Å². The number of ether oxygens (including phenoxy) is 2. The summed E-state index contributed by atoms with van der Waals surface area (Å²) in [7, 11) is 3.31. The van der Waals surface area contributed by atoms with Gasteiger partial charge in [-0.25, -0.2) is 0 Å². The molecule has 0 amide bonds. The molecule has 0 atom stereocenters. The number of fused-ring (bicyclic) bond motifs is 1. The number of nitrogens with two attached hydrogens (primary N) is 1. The molecule has 3 N–H and O–H groups in total. The zero-order valence-corrected chi connectivity index (χ0v) is 22.8. The Hall–Kier alpha value is -3.57. The van der Waals surface area contributed by atoms with Crippen LogP contribution < -0.4 is 15.2 Å². The van der Waals surface area contributed by atoms with E-state index in [1.54, 1.807) is 14.2 Å². The average Bonchev–Trinajstić information content (AvgIpc) is 3.33. The van der Waals surface area contributed by atoms with Crippen LogP contribution in [0.3, 0.4) is 0 Å². The second-order valence-corrected chi connectivity index (χ2v) is 10.9. The van der Waals surface area contributed by atoms with Crippen LogP contribution in [0.2, 0.25) is 0 Å². The van der Waals surface area contributed by atoms with Crippen LogP contribution in [-0.2, 0) is 0 Å². The summed E-state index contributed by atoms with van der Waals surface area (Å²) in [5.41, 5.74) is 13.5. The Labute approximate surface area is 225 Å². The van der Waals surface area contributed by atoms with Crippen LogP contribution >= 0.6 is 0 Å². The fourth-order valence-electron chi connectivity index (χ4n) is 5.86. The Morgan fingerprint density at radius 1 is 0.895 bits per heavy atom. The van der Waals surface area contributed by atoms with E-state index in [4.69, 9.17) is 15.2 Å². The summed E-state index contributed by atoms with van der Waals surface area (Å²) in [4.78, 5) is 16.8. The molecule has 3 aromatic carbocycles. The number of ketones is 1. The number of carbonyl (C=O) groups is 1. The van der Waals surface area contributed by atoms with Crippen molar-refractivity contribution in [1.29, 1.82) is 0 Å². The molecule has 5 nitrogen and oxygen atoms in total. The van der Waals surface area contributed by atoms with Crippen LogP contribution in [0.5, 0.6) is 11.5 Å². The number of Topliss-reactive ketones (excluding diaryl/α,β-unsaturated/α-hetero) is 1. The van der Waals surface area contributed by atoms with Gasteiger partial charge in [-0.15, -0.1) is 0 Å². The van der Waals surface area contributed by atoms with E-state index in [1.807, 2.05) is 24.3 Å². The predicted octanol–water partition coefficient (Wildman–Crippen LogP) is 7.73. The molecule has 1 fully saturated rings. The lowest BCUT2D eigenvalue weighted by molar-refractivity contribution is 0.0948. The van der Waals surface area contributed by atoms with Crippen LogP contribution in [0.15, 0.2) is 60.7 Å². The molecule has 1 saturated carbocycles. The summed E-state index contributed by atoms with van der Waals surface area (Å²) in [6.45, 7) is 4.44. The lowest BCUT2D eigenvalue weighted by Gasteiger charge is -2.25. The van der Waals surface area contributed by atoms with Crippen molar-refractivity contribution in [1.82, 2.24) is 4.98 Å². The first kappa shape index (κ1) is 26.1. The fourth-order valence-corrected chi connectivity index (χ4v) is 5.86. The third-order valence-electron chi connectivity index (χ3n) is 7.97. The molecular weight excluding hydrogens is 472 g/mol. The van der Waals surface area contributed by atoms with Gasteiger partial charge < -0.3 is 20.2 Å². The van der Waals surface area contributed by atoms with Crippen molar-refractivity contribution in [3.05, 3.63) is 71.8 Å². The Kier molecular flexibility index (Phi) is 7.57. The molecule has 1 heterocycles. The van der Waals surface area contributed by atoms with Crippen LogP contribution in [0, 0.1) is 5.92 Å². The van der Waals surface area contributed by atoms with E-state index in [0.29, 0.717) is 35.8 Å². The van der Waals surface area contributed by atoms with E-state index in [0.717, 1.165) is 59.1 Å². The van der Waals surface area contributed by atoms with Crippen molar-refractivity contribution >= 4 is 16.7 Å². The first-order chi connectivity index (χ1) is 18.4. The Balaban J connectivity index is 1.48. The lowest BCUT2D eigenvalue weighted by Crippen LogP contribution is -2.27. The molecule has 0 saturated heterocycles. The molecule has 38 heavy (non-hydrogen) atoms. The smallest absolute Gasteiger partial charge is 0.163 e. The molecular formula is C33H38N2O3. The number of rotatable bonds is 8. The van der Waals surface area contributed by atoms with Crippen molar-refractivity contribution in [2.24, 2.45) is 11.7 Å². The van der Waals surface area contributed by atoms with Crippen LogP contribution in [0.25, 0.3) is 33.3 Å². The highest BCUT2D eigenvalue weighted by molar-refractivity contribution is 5.98. The van der Waals surface area contributed by atoms with Gasteiger partial charge in [-0.3, -0.25) is 4.79 Å². The van der Waals surface area contributed by atoms with E-state index in [2.05, 4.69) is 55.2 Å². The van der Waals surface area contributed by atoms with E-state index >= 15 is 0 Å². The third-order valence-corrected chi connectivity index (χ3v) is 7.97. The molecule has 5 heteroatoms. The fraction of sp³-hybridized carbons (Fsp3) is 0.364. The monoisotopic (exact) mass is 510 g/mol. The summed E-state index contributed by atoms with van der Waals surface area (Å²) >= 11 is 0. The number of H-pyrrole nitrogens is 1. The predicted molar refractivity (Wildman–Crippen MR) is 155 cm³/mol. The van der Waals surface area contributed by atoms with Crippen LogP contribution in [0.1, 0.15) is 67.8 Å². The van der Waals surface area contributed by atoms with E-state index in [9.17, 15) is 4.79 Å². The minimum atomic E-state index is 0.230. The molecule has 198 valence electrons. The van der Waals surface area contributed by atoms with Gasteiger partial charge in [0.1, 0.15) is 0 Å². The van der Waals surface area contributed by atoms with Gasteiger partial charge in [0, 0.05) is 34.5 Å². The maximum Gasteiger partial charge on any atom is 0.163 e. The van der Waals surface area contributed by atoms with Crippen molar-refractivity contribution in [2.75, 3.05) is 14.2 Å². The Bertz CT molecular complexity index is 1440. The van der Waals surface area contributed by atoms with Gasteiger partial charge in [0.25, 0.3) is 0 Å². The summed E-state index contributed by atoms with van der Waals surface area (Å²) < 4.78 is 11.0. The molecule has 0 spiro atoms. The molecule has 0 bridgehead atoms. The Morgan fingerprint density at radius 2 is 1.61 bits per heavy atom. The number of benzene rings is 3. The van der Waals surface area contributed by atoms with Gasteiger partial charge in [-0.05, 0) is 90.6 Å². The number of aromatic nitrogens is 1. The van der Waals surface area contributed by atoms with Crippen molar-refractivity contribution in [3.8, 4) is 33.9 Å². The highest BCUT2D eigenvalue weighted by Crippen LogP contribution is 2.40. The molecule has 1 aliphatic rings. The first-order valence-corrected chi connectivity index (χ1v) is 13.6. The quantitative estimate of drug-likeness (QED) is 0.238. The number of aromatic amines is 1. The molecule has 5 rings (SSSR count). The minimum Gasteiger partial charge on any atom is -0.493 e. The van der Waals surface area contributed by atoms with Crippen LogP contribution in [-0.4, -0.2) is 31.0 Å². The number of carbonyl (C=O) groups excluding carboxylic acids is 1. The molecule has 0 aliphatic heterocycles. The zero-order chi connectivity index (χ0) is 26.8. The number of nitrogens with one attached hydrogen (secondary N) is 1. The second-order valence-electron chi connectivity index (χ2n) is 10.9. The second kappa shape index (κ2) is 11.0. The highest BCUT2D eigenvalue weighted by atomic mass is 16.5. The number of hydrogen-bond acceptors (Lipinski definition) is 4. The maximum absolute atomic E-state index is 13.1. The number of hydrogen-bond donors (Lipinski definition) is 2. The SMILES string of the molecule is COc1ccc(-c2[nH]c3ccc(-c4cccc(C(=O)CC5CCC(N)CC5)c4)cc3c2C(C)C)cc1OC. The average molecular weight is 511 g/mol. The number of methoxy groups -OCH3 is 2. The van der Waals surface area contributed by atoms with E-state index in [1.165, 1.54) is 10.9 Å². The topological polar surface area (TPSA) is 77.3 Å². The largest absolute Gasteiger partial charge is 0.493 e. The van der Waals surface area contributed by atoms with Gasteiger partial charge in [0.2, 0.25) is 0 Å². The van der Waals surface area contributed by atoms with Crippen molar-refractivity contribution < 1.29 is 14.3 Å². The standard InChI is InChI=1S/C33H38N2O3/c1-20(2)32-27-18-23(10-14-28(27)35-33(32)25-11-15-30(37-3)31(19-25)38-4)22-6-5-7-24(17-22)29(36)16-21-8-12-26(34)13-9-21/h5-7,10-11,14-15,17-21,26,35H,8-9,12-13,16,34H2,1-4H3. The van der Waals surface area contributed by atoms with E-state index in [-0.39, 0.29) is 5.78 Å². The summed E-state index contributed by atoms with van der Waals surface area (Å²) in [5, 5.41) is 1.19. The van der Waals surface area contributed by atoms with Crippen molar-refractivity contribution in [3.63, 3.8) is 0 Å². The molecule has 0 radical (unpaired) electrons. The summed E-state index contributed by atoms with van der Waals surface area (Å²) in [6, 6.07) is 20.9. The molecule has 1 aliphatic carbocycles. The van der Waals surface area contributed by atoms with Gasteiger partial charge >= 0.3 is 0 Å². The Morgan fingerprint density at radius 3 is 2.32 bits per heavy atom. The van der Waals surface area contributed by atoms with Gasteiger partial charge in [0.15, 0.2) is 17.3 Å². The summed E-state index contributed by atoms with van der Waals surface area (Å²) in [5.74, 6) is 2.40. The molecule has 0 unspecified atom stereocenters. The highest BCUT2D eigenvalue weighted by Gasteiger charge is 2.22. The van der Waals surface area contributed by atoms with Crippen LogP contribution in [0.4, 0.5) is 0 Å². The zero-order valence-electron chi connectivity index (χ0n) is 22.8. The van der Waals surface area contributed by atoms with Crippen molar-refractivity contribution in [2.45, 2.75) is 57.9 Å².